The first-order valence-corrected chi connectivity index (χ1v) is 11.4. The molecule has 1 N–H and O–H groups in total. The van der Waals surface area contributed by atoms with Gasteiger partial charge in [-0.1, -0.05) is 18.2 Å². The molecule has 0 aliphatic carbocycles. The molecule has 1 amide bonds. The van der Waals surface area contributed by atoms with Gasteiger partial charge in [0.25, 0.3) is 5.91 Å². The number of aromatic nitrogens is 3. The van der Waals surface area contributed by atoms with E-state index in [4.69, 9.17) is 9.47 Å². The Bertz CT molecular complexity index is 1300. The number of ether oxygens (including phenoxy) is 2. The Labute approximate surface area is 198 Å². The zero-order valence-electron chi connectivity index (χ0n) is 19.1. The van der Waals surface area contributed by atoms with Gasteiger partial charge in [-0.2, -0.15) is 0 Å². The van der Waals surface area contributed by atoms with Crippen molar-refractivity contribution in [3.63, 3.8) is 0 Å². The summed E-state index contributed by atoms with van der Waals surface area (Å²) in [5.74, 6) is 1.24. The van der Waals surface area contributed by atoms with Crippen LogP contribution in [0.2, 0.25) is 0 Å². The van der Waals surface area contributed by atoms with Crippen LogP contribution in [0, 0.1) is 6.92 Å². The highest BCUT2D eigenvalue weighted by atomic mass is 16.5. The fourth-order valence-corrected chi connectivity index (χ4v) is 4.02. The molecule has 4 aromatic rings. The largest absolute Gasteiger partial charge is 0.486 e. The van der Waals surface area contributed by atoms with Gasteiger partial charge in [-0.3, -0.25) is 4.79 Å². The Hall–Kier alpha value is -3.91. The predicted molar refractivity (Wildman–Crippen MR) is 129 cm³/mol. The molecular weight excluding hydrogens is 430 g/mol. The van der Waals surface area contributed by atoms with Crippen LogP contribution >= 0.6 is 0 Å². The lowest BCUT2D eigenvalue weighted by Crippen LogP contribution is -2.36. The molecule has 3 aromatic heterocycles. The van der Waals surface area contributed by atoms with E-state index in [-0.39, 0.29) is 12.5 Å². The number of amides is 1. The number of morpholine rings is 1. The fourth-order valence-electron chi connectivity index (χ4n) is 4.02. The van der Waals surface area contributed by atoms with Crippen molar-refractivity contribution in [3.05, 3.63) is 89.5 Å². The molecule has 0 saturated carbocycles. The quantitative estimate of drug-likeness (QED) is 0.458. The summed E-state index contributed by atoms with van der Waals surface area (Å²) in [6.45, 7) is 5.75. The van der Waals surface area contributed by atoms with Crippen molar-refractivity contribution in [2.45, 2.75) is 20.1 Å². The number of nitrogens with one attached hydrogen (secondary N) is 1. The van der Waals surface area contributed by atoms with E-state index in [1.165, 1.54) is 0 Å². The average molecular weight is 458 g/mol. The summed E-state index contributed by atoms with van der Waals surface area (Å²) in [4.78, 5) is 24.3. The highest BCUT2D eigenvalue weighted by Crippen LogP contribution is 2.20. The lowest BCUT2D eigenvalue weighted by Gasteiger charge is -2.28. The molecule has 0 bridgehead atoms. The van der Waals surface area contributed by atoms with Crippen LogP contribution in [0.5, 0.6) is 5.75 Å². The van der Waals surface area contributed by atoms with Crippen LogP contribution in [0.25, 0.3) is 5.65 Å². The standard InChI is InChI=1S/C26H27N5O3/c1-19-5-4-10-31-17-21(29-25(19)31)18-34-23-7-3-2-6-22(23)26(32)28-16-20-8-9-27-24(15-20)30-11-13-33-14-12-30/h2-10,15,17H,11-14,16,18H2,1H3,(H,28,32). The molecule has 1 saturated heterocycles. The maximum atomic E-state index is 13.0. The molecule has 1 fully saturated rings. The number of rotatable bonds is 7. The zero-order valence-corrected chi connectivity index (χ0v) is 19.1. The molecule has 34 heavy (non-hydrogen) atoms. The highest BCUT2D eigenvalue weighted by molar-refractivity contribution is 5.96. The van der Waals surface area contributed by atoms with Crippen molar-refractivity contribution in [2.75, 3.05) is 31.2 Å². The summed E-state index contributed by atoms with van der Waals surface area (Å²) < 4.78 is 13.4. The Morgan fingerprint density at radius 3 is 2.85 bits per heavy atom. The van der Waals surface area contributed by atoms with Gasteiger partial charge in [0.1, 0.15) is 23.8 Å². The molecule has 1 aliphatic heterocycles. The first-order chi connectivity index (χ1) is 16.7. The first kappa shape index (κ1) is 21.9. The van der Waals surface area contributed by atoms with Gasteiger partial charge >= 0.3 is 0 Å². The summed E-state index contributed by atoms with van der Waals surface area (Å²) in [5, 5.41) is 3.00. The number of pyridine rings is 2. The monoisotopic (exact) mass is 457 g/mol. The minimum absolute atomic E-state index is 0.189. The van der Waals surface area contributed by atoms with E-state index in [2.05, 4.69) is 20.2 Å². The van der Waals surface area contributed by atoms with E-state index >= 15 is 0 Å². The number of nitrogens with zero attached hydrogens (tertiary/aromatic N) is 4. The third-order valence-corrected chi connectivity index (χ3v) is 5.83. The van der Waals surface area contributed by atoms with Crippen molar-refractivity contribution in [2.24, 2.45) is 0 Å². The lowest BCUT2D eigenvalue weighted by molar-refractivity contribution is 0.0946. The number of carbonyl (C=O) groups excluding carboxylic acids is 1. The molecule has 174 valence electrons. The fraction of sp³-hybridized carbons (Fsp3) is 0.269. The molecule has 8 heteroatoms. The van der Waals surface area contributed by atoms with E-state index in [0.29, 0.717) is 31.1 Å². The molecule has 1 aromatic carbocycles. The topological polar surface area (TPSA) is 81.0 Å². The van der Waals surface area contributed by atoms with Gasteiger partial charge in [-0.25, -0.2) is 9.97 Å². The van der Waals surface area contributed by atoms with E-state index < -0.39 is 0 Å². The van der Waals surface area contributed by atoms with Gasteiger partial charge in [-0.15, -0.1) is 0 Å². The lowest BCUT2D eigenvalue weighted by atomic mass is 10.1. The molecule has 0 unspecified atom stereocenters. The zero-order chi connectivity index (χ0) is 23.3. The molecule has 0 atom stereocenters. The van der Waals surface area contributed by atoms with Gasteiger partial charge in [0.05, 0.1) is 24.5 Å². The Morgan fingerprint density at radius 1 is 1.15 bits per heavy atom. The Kier molecular flexibility index (Phi) is 6.40. The van der Waals surface area contributed by atoms with Gasteiger partial charge in [-0.05, 0) is 48.4 Å². The maximum Gasteiger partial charge on any atom is 0.255 e. The van der Waals surface area contributed by atoms with Crippen LogP contribution in [0.1, 0.15) is 27.2 Å². The van der Waals surface area contributed by atoms with Crippen LogP contribution in [0.3, 0.4) is 0 Å². The number of carbonyl (C=O) groups is 1. The van der Waals surface area contributed by atoms with Crippen LogP contribution < -0.4 is 15.0 Å². The Balaban J connectivity index is 1.24. The molecule has 5 rings (SSSR count). The third-order valence-electron chi connectivity index (χ3n) is 5.83. The molecule has 4 heterocycles. The number of fused-ring (bicyclic) bond motifs is 1. The van der Waals surface area contributed by atoms with E-state index in [1.54, 1.807) is 18.3 Å². The summed E-state index contributed by atoms with van der Waals surface area (Å²) in [7, 11) is 0. The van der Waals surface area contributed by atoms with Crippen LogP contribution in [-0.4, -0.2) is 46.6 Å². The van der Waals surface area contributed by atoms with E-state index in [9.17, 15) is 4.79 Å². The van der Waals surface area contributed by atoms with Crippen molar-refractivity contribution < 1.29 is 14.3 Å². The molecule has 8 nitrogen and oxygen atoms in total. The maximum absolute atomic E-state index is 13.0. The smallest absolute Gasteiger partial charge is 0.255 e. The molecular formula is C26H27N5O3. The number of aryl methyl sites for hydroxylation is 1. The summed E-state index contributed by atoms with van der Waals surface area (Å²) in [6, 6.07) is 15.2. The van der Waals surface area contributed by atoms with E-state index in [0.717, 1.165) is 41.4 Å². The third kappa shape index (κ3) is 4.87. The summed E-state index contributed by atoms with van der Waals surface area (Å²) in [5.41, 5.74) is 4.28. The number of imidazole rings is 1. The predicted octanol–water partition coefficient (Wildman–Crippen LogP) is 3.38. The summed E-state index contributed by atoms with van der Waals surface area (Å²) in [6.07, 6.45) is 5.68. The number of benzene rings is 1. The normalized spacial score (nSPS) is 13.7. The van der Waals surface area contributed by atoms with Gasteiger partial charge in [0.2, 0.25) is 0 Å². The minimum Gasteiger partial charge on any atom is -0.486 e. The van der Waals surface area contributed by atoms with E-state index in [1.807, 2.05) is 60.1 Å². The van der Waals surface area contributed by atoms with Crippen LogP contribution in [0.15, 0.2) is 67.1 Å². The summed E-state index contributed by atoms with van der Waals surface area (Å²) >= 11 is 0. The molecule has 0 radical (unpaired) electrons. The second-order valence-electron chi connectivity index (χ2n) is 8.24. The van der Waals surface area contributed by atoms with Gasteiger partial charge < -0.3 is 24.1 Å². The molecule has 1 aliphatic rings. The minimum atomic E-state index is -0.189. The second kappa shape index (κ2) is 9.93. The first-order valence-electron chi connectivity index (χ1n) is 11.4. The van der Waals surface area contributed by atoms with Gasteiger partial charge in [0, 0.05) is 38.2 Å². The number of hydrogen-bond acceptors (Lipinski definition) is 6. The Morgan fingerprint density at radius 2 is 2.00 bits per heavy atom. The van der Waals surface area contributed by atoms with Crippen molar-refractivity contribution in [3.8, 4) is 5.75 Å². The molecule has 0 spiro atoms. The second-order valence-corrected chi connectivity index (χ2v) is 8.24. The van der Waals surface area contributed by atoms with Crippen LogP contribution in [0.4, 0.5) is 5.82 Å². The van der Waals surface area contributed by atoms with Crippen molar-refractivity contribution in [1.29, 1.82) is 0 Å². The van der Waals surface area contributed by atoms with Crippen LogP contribution in [-0.2, 0) is 17.9 Å². The van der Waals surface area contributed by atoms with Crippen molar-refractivity contribution in [1.82, 2.24) is 19.7 Å². The average Bonchev–Trinajstić information content (AvgIpc) is 3.31. The number of anilines is 1. The SMILES string of the molecule is Cc1cccn2cc(COc3ccccc3C(=O)NCc3ccnc(N4CCOCC4)c3)nc12. The van der Waals surface area contributed by atoms with Crippen molar-refractivity contribution >= 4 is 17.4 Å². The highest BCUT2D eigenvalue weighted by Gasteiger charge is 2.15. The number of hydrogen-bond donors (Lipinski definition) is 1. The number of para-hydroxylation sites is 1. The van der Waals surface area contributed by atoms with Gasteiger partial charge in [0.15, 0.2) is 0 Å².